The van der Waals surface area contributed by atoms with E-state index in [4.69, 9.17) is 4.74 Å². The standard InChI is InChI=1S/C14H14O.2C2H6.2CH5P/c1-11-3-7-13(8-4-11)15-14-9-5-12(2)6-10-14;4*1-2/h3-10H,1-2H3;2*1-2H3;2*2H2,1H3. The molecule has 0 fully saturated rings. The van der Waals surface area contributed by atoms with Gasteiger partial charge in [0.15, 0.2) is 0 Å². The maximum atomic E-state index is 5.69. The van der Waals surface area contributed by atoms with E-state index in [1.165, 1.54) is 11.1 Å². The zero-order valence-electron chi connectivity index (χ0n) is 16.2. The fourth-order valence-corrected chi connectivity index (χ4v) is 1.35. The minimum absolute atomic E-state index is 0.879. The molecule has 0 heterocycles. The average molecular weight is 354 g/mol. The van der Waals surface area contributed by atoms with E-state index in [2.05, 4.69) is 32.3 Å². The highest BCUT2D eigenvalue weighted by Crippen LogP contribution is 2.21. The summed E-state index contributed by atoms with van der Waals surface area (Å²) in [4.78, 5) is 0. The highest BCUT2D eigenvalue weighted by molar-refractivity contribution is 7.15. The van der Waals surface area contributed by atoms with Crippen LogP contribution in [0.5, 0.6) is 11.5 Å². The zero-order valence-corrected chi connectivity index (χ0v) is 18.5. The van der Waals surface area contributed by atoms with Gasteiger partial charge in [0.05, 0.1) is 0 Å². The number of benzene rings is 2. The second-order valence-electron chi connectivity index (χ2n) is 3.73. The van der Waals surface area contributed by atoms with Crippen LogP contribution in [-0.2, 0) is 0 Å². The van der Waals surface area contributed by atoms with Crippen molar-refractivity contribution in [2.24, 2.45) is 0 Å². The Kier molecular flexibility index (Phi) is 24.7. The molecule has 2 aromatic carbocycles. The molecule has 2 rings (SSSR count). The smallest absolute Gasteiger partial charge is 0.127 e. The van der Waals surface area contributed by atoms with Crippen LogP contribution < -0.4 is 4.74 Å². The van der Waals surface area contributed by atoms with E-state index in [0.717, 1.165) is 11.5 Å². The molecule has 2 aromatic rings. The Balaban J connectivity index is -0.000000438. The highest BCUT2D eigenvalue weighted by Gasteiger charge is 1.95. The van der Waals surface area contributed by atoms with Gasteiger partial charge >= 0.3 is 0 Å². The summed E-state index contributed by atoms with van der Waals surface area (Å²) in [6, 6.07) is 16.1. The Morgan fingerprint density at radius 1 is 0.522 bits per heavy atom. The molecule has 2 atom stereocenters. The molecule has 0 bridgehead atoms. The lowest BCUT2D eigenvalue weighted by Crippen LogP contribution is -1.84. The van der Waals surface area contributed by atoms with Crippen molar-refractivity contribution in [3.63, 3.8) is 0 Å². The van der Waals surface area contributed by atoms with E-state index in [1.807, 2.05) is 89.6 Å². The first-order chi connectivity index (χ1) is 11.2. The third-order valence-electron chi connectivity index (χ3n) is 2.28. The third-order valence-corrected chi connectivity index (χ3v) is 2.28. The number of rotatable bonds is 2. The number of aryl methyl sites for hydroxylation is 2. The minimum Gasteiger partial charge on any atom is -0.457 e. The van der Waals surface area contributed by atoms with Crippen molar-refractivity contribution < 1.29 is 4.74 Å². The fourth-order valence-electron chi connectivity index (χ4n) is 1.35. The van der Waals surface area contributed by atoms with Gasteiger partial charge in [-0.3, -0.25) is 0 Å². The summed E-state index contributed by atoms with van der Waals surface area (Å²) in [5, 5.41) is 0. The first kappa shape index (κ1) is 27.0. The van der Waals surface area contributed by atoms with E-state index >= 15 is 0 Å². The van der Waals surface area contributed by atoms with E-state index in [1.54, 1.807) is 0 Å². The van der Waals surface area contributed by atoms with Crippen LogP contribution in [0.2, 0.25) is 0 Å². The Morgan fingerprint density at radius 3 is 0.957 bits per heavy atom. The van der Waals surface area contributed by atoms with Crippen LogP contribution in [0, 0.1) is 13.8 Å². The van der Waals surface area contributed by atoms with Crippen molar-refractivity contribution in [2.75, 3.05) is 13.3 Å². The van der Waals surface area contributed by atoms with Gasteiger partial charge in [-0.25, -0.2) is 0 Å². The summed E-state index contributed by atoms with van der Waals surface area (Å²) in [7, 11) is 4.83. The van der Waals surface area contributed by atoms with Gasteiger partial charge in [0.25, 0.3) is 0 Å². The molecule has 0 radical (unpaired) electrons. The molecular weight excluding hydrogens is 318 g/mol. The highest BCUT2D eigenvalue weighted by atomic mass is 31.0. The van der Waals surface area contributed by atoms with Gasteiger partial charge in [-0.2, -0.15) is 0 Å². The summed E-state index contributed by atoms with van der Waals surface area (Å²) in [5.74, 6) is 1.76. The quantitative estimate of drug-likeness (QED) is 0.521. The van der Waals surface area contributed by atoms with Crippen molar-refractivity contribution in [3.05, 3.63) is 59.7 Å². The number of hydrogen-bond donors (Lipinski definition) is 0. The van der Waals surface area contributed by atoms with Crippen LogP contribution in [0.3, 0.4) is 0 Å². The first-order valence-electron chi connectivity index (χ1n) is 8.21. The SMILES string of the molecule is CC.CC.CP.CP.Cc1ccc(Oc2ccc(C)cc2)cc1. The molecule has 0 amide bonds. The summed E-state index contributed by atoms with van der Waals surface area (Å²) >= 11 is 0. The summed E-state index contributed by atoms with van der Waals surface area (Å²) in [6.07, 6.45) is 0. The van der Waals surface area contributed by atoms with Gasteiger partial charge in [-0.1, -0.05) is 76.4 Å². The van der Waals surface area contributed by atoms with Crippen molar-refractivity contribution in [2.45, 2.75) is 41.5 Å². The summed E-state index contributed by atoms with van der Waals surface area (Å²) in [6.45, 7) is 16.0. The van der Waals surface area contributed by atoms with Crippen molar-refractivity contribution in [1.82, 2.24) is 0 Å². The molecule has 0 saturated heterocycles. The number of hydrogen-bond acceptors (Lipinski definition) is 1. The topological polar surface area (TPSA) is 9.23 Å². The predicted molar refractivity (Wildman–Crippen MR) is 116 cm³/mol. The molecule has 0 aliphatic rings. The van der Waals surface area contributed by atoms with Crippen LogP contribution in [-0.4, -0.2) is 13.3 Å². The van der Waals surface area contributed by atoms with E-state index in [9.17, 15) is 0 Å². The molecule has 2 unspecified atom stereocenters. The summed E-state index contributed by atoms with van der Waals surface area (Å²) < 4.78 is 5.69. The van der Waals surface area contributed by atoms with E-state index in [0.29, 0.717) is 0 Å². The Bertz CT molecular complexity index is 393. The number of ether oxygens (including phenoxy) is 1. The molecule has 132 valence electrons. The average Bonchev–Trinajstić information content (AvgIpc) is 2.66. The van der Waals surface area contributed by atoms with Crippen molar-refractivity contribution >= 4 is 18.5 Å². The second kappa shape index (κ2) is 21.1. The normalized spacial score (nSPS) is 7.57. The second-order valence-corrected chi connectivity index (χ2v) is 3.73. The molecule has 0 aliphatic heterocycles. The zero-order chi connectivity index (χ0) is 18.7. The molecule has 23 heavy (non-hydrogen) atoms. The third kappa shape index (κ3) is 14.4. The van der Waals surface area contributed by atoms with Gasteiger partial charge in [0, 0.05) is 0 Å². The van der Waals surface area contributed by atoms with Gasteiger partial charge in [0.1, 0.15) is 11.5 Å². The van der Waals surface area contributed by atoms with Gasteiger partial charge in [-0.05, 0) is 38.1 Å². The van der Waals surface area contributed by atoms with Crippen molar-refractivity contribution in [3.8, 4) is 11.5 Å². The van der Waals surface area contributed by atoms with Crippen molar-refractivity contribution in [1.29, 1.82) is 0 Å². The van der Waals surface area contributed by atoms with E-state index in [-0.39, 0.29) is 0 Å². The first-order valence-corrected chi connectivity index (χ1v) is 10.5. The minimum atomic E-state index is 0.879. The molecule has 3 heteroatoms. The molecule has 0 N–H and O–H groups in total. The maximum Gasteiger partial charge on any atom is 0.127 e. The van der Waals surface area contributed by atoms with Gasteiger partial charge < -0.3 is 4.74 Å². The molecule has 0 aliphatic carbocycles. The largest absolute Gasteiger partial charge is 0.457 e. The lowest BCUT2D eigenvalue weighted by Gasteiger charge is -2.05. The fraction of sp³-hybridized carbons (Fsp3) is 0.400. The molecule has 0 saturated carbocycles. The predicted octanol–water partition coefficient (Wildman–Crippen LogP) is 7.13. The van der Waals surface area contributed by atoms with Gasteiger partial charge in [-0.15, -0.1) is 18.5 Å². The van der Waals surface area contributed by atoms with Gasteiger partial charge in [0.2, 0.25) is 0 Å². The Labute approximate surface area is 149 Å². The van der Waals surface area contributed by atoms with Crippen LogP contribution in [0.1, 0.15) is 38.8 Å². The van der Waals surface area contributed by atoms with Crippen LogP contribution in [0.25, 0.3) is 0 Å². The lowest BCUT2D eigenvalue weighted by atomic mass is 10.2. The van der Waals surface area contributed by atoms with Crippen LogP contribution in [0.4, 0.5) is 0 Å². The molecule has 1 nitrogen and oxygen atoms in total. The van der Waals surface area contributed by atoms with E-state index < -0.39 is 0 Å². The van der Waals surface area contributed by atoms with Crippen LogP contribution >= 0.6 is 18.5 Å². The molecule has 0 spiro atoms. The Morgan fingerprint density at radius 2 is 0.739 bits per heavy atom. The summed E-state index contributed by atoms with van der Waals surface area (Å²) in [5.41, 5.74) is 2.48. The van der Waals surface area contributed by atoms with Crippen LogP contribution in [0.15, 0.2) is 48.5 Å². The molecule has 0 aromatic heterocycles. The monoisotopic (exact) mass is 354 g/mol. The Hall–Kier alpha value is -0.900. The lowest BCUT2D eigenvalue weighted by molar-refractivity contribution is 0.482. The molecular formula is C20H36OP2. The maximum absolute atomic E-state index is 5.69.